The van der Waals surface area contributed by atoms with Crippen molar-refractivity contribution >= 4 is 17.5 Å². The van der Waals surface area contributed by atoms with Crippen LogP contribution in [-0.2, 0) is 10.5 Å². The average Bonchev–Trinajstić information content (AvgIpc) is 2.15. The summed E-state index contributed by atoms with van der Waals surface area (Å²) in [5, 5.41) is 0.111. The SMILES string of the molecule is CC(=O)[C@@H](C)SCc1ccccc1. The molecule has 0 fully saturated rings. The molecule has 1 rings (SSSR count). The largest absolute Gasteiger partial charge is 0.299 e. The topological polar surface area (TPSA) is 17.1 Å². The van der Waals surface area contributed by atoms with Gasteiger partial charge in [-0.25, -0.2) is 0 Å². The zero-order chi connectivity index (χ0) is 9.68. The van der Waals surface area contributed by atoms with Gasteiger partial charge < -0.3 is 0 Å². The van der Waals surface area contributed by atoms with E-state index in [0.29, 0.717) is 0 Å². The summed E-state index contributed by atoms with van der Waals surface area (Å²) in [6, 6.07) is 10.2. The molecule has 1 aromatic carbocycles. The van der Waals surface area contributed by atoms with Gasteiger partial charge in [-0.15, -0.1) is 11.8 Å². The van der Waals surface area contributed by atoms with Crippen molar-refractivity contribution in [1.82, 2.24) is 0 Å². The van der Waals surface area contributed by atoms with E-state index in [1.807, 2.05) is 25.1 Å². The minimum atomic E-state index is 0.111. The number of Topliss-reactive ketones (excluding diaryl/α,β-unsaturated/α-hetero) is 1. The summed E-state index contributed by atoms with van der Waals surface area (Å²) in [6.45, 7) is 3.60. The molecule has 0 aliphatic rings. The van der Waals surface area contributed by atoms with E-state index in [2.05, 4.69) is 12.1 Å². The molecule has 1 nitrogen and oxygen atoms in total. The van der Waals surface area contributed by atoms with Crippen molar-refractivity contribution in [2.24, 2.45) is 0 Å². The van der Waals surface area contributed by atoms with Crippen molar-refractivity contribution in [2.75, 3.05) is 0 Å². The highest BCUT2D eigenvalue weighted by molar-refractivity contribution is 7.99. The Balaban J connectivity index is 2.39. The van der Waals surface area contributed by atoms with Gasteiger partial charge in [-0.05, 0) is 19.4 Å². The van der Waals surface area contributed by atoms with Crippen molar-refractivity contribution in [3.8, 4) is 0 Å². The first-order valence-electron chi connectivity index (χ1n) is 4.36. The second kappa shape index (κ2) is 5.07. The van der Waals surface area contributed by atoms with Crippen LogP contribution in [0.5, 0.6) is 0 Å². The van der Waals surface area contributed by atoms with Crippen LogP contribution in [0.2, 0.25) is 0 Å². The zero-order valence-electron chi connectivity index (χ0n) is 7.99. The quantitative estimate of drug-likeness (QED) is 0.733. The van der Waals surface area contributed by atoms with Crippen molar-refractivity contribution in [3.05, 3.63) is 35.9 Å². The van der Waals surface area contributed by atoms with Crippen LogP contribution in [-0.4, -0.2) is 11.0 Å². The molecule has 0 spiro atoms. The van der Waals surface area contributed by atoms with Gasteiger partial charge >= 0.3 is 0 Å². The van der Waals surface area contributed by atoms with E-state index in [-0.39, 0.29) is 11.0 Å². The lowest BCUT2D eigenvalue weighted by molar-refractivity contribution is -0.116. The van der Waals surface area contributed by atoms with Crippen LogP contribution in [0.1, 0.15) is 19.4 Å². The molecule has 0 heterocycles. The summed E-state index contributed by atoms with van der Waals surface area (Å²) in [4.78, 5) is 10.9. The Morgan fingerprint density at radius 2 is 2.00 bits per heavy atom. The van der Waals surface area contributed by atoms with E-state index in [1.54, 1.807) is 18.7 Å². The Labute approximate surface area is 83.5 Å². The molecule has 0 radical (unpaired) electrons. The lowest BCUT2D eigenvalue weighted by Crippen LogP contribution is -2.08. The third-order valence-corrected chi connectivity index (χ3v) is 3.25. The molecule has 0 N–H and O–H groups in total. The molecule has 0 unspecified atom stereocenters. The molecule has 13 heavy (non-hydrogen) atoms. The van der Waals surface area contributed by atoms with E-state index in [4.69, 9.17) is 0 Å². The molecule has 0 aliphatic carbocycles. The summed E-state index contributed by atoms with van der Waals surface area (Å²) >= 11 is 1.69. The zero-order valence-corrected chi connectivity index (χ0v) is 8.80. The molecular weight excluding hydrogens is 180 g/mol. The summed E-state index contributed by atoms with van der Waals surface area (Å²) in [5.74, 6) is 1.17. The Kier molecular flexibility index (Phi) is 4.03. The smallest absolute Gasteiger partial charge is 0.142 e. The number of rotatable bonds is 4. The van der Waals surface area contributed by atoms with Crippen LogP contribution in [0.15, 0.2) is 30.3 Å². The number of hydrogen-bond acceptors (Lipinski definition) is 2. The van der Waals surface area contributed by atoms with Crippen LogP contribution in [0, 0.1) is 0 Å². The Morgan fingerprint density at radius 1 is 1.38 bits per heavy atom. The first kappa shape index (κ1) is 10.3. The van der Waals surface area contributed by atoms with Gasteiger partial charge in [0.15, 0.2) is 0 Å². The molecule has 70 valence electrons. The highest BCUT2D eigenvalue weighted by Gasteiger charge is 2.07. The second-order valence-electron chi connectivity index (χ2n) is 3.05. The van der Waals surface area contributed by atoms with E-state index >= 15 is 0 Å². The van der Waals surface area contributed by atoms with Gasteiger partial charge in [-0.3, -0.25) is 4.79 Å². The molecule has 0 bridgehead atoms. The fourth-order valence-electron chi connectivity index (χ4n) is 0.913. The predicted octanol–water partition coefficient (Wildman–Crippen LogP) is 2.90. The second-order valence-corrected chi connectivity index (χ2v) is 4.38. The molecule has 1 atom stereocenters. The number of thioether (sulfide) groups is 1. The van der Waals surface area contributed by atoms with Crippen molar-refractivity contribution < 1.29 is 4.79 Å². The maximum absolute atomic E-state index is 10.9. The van der Waals surface area contributed by atoms with Gasteiger partial charge in [-0.1, -0.05) is 30.3 Å². The van der Waals surface area contributed by atoms with Gasteiger partial charge in [0.1, 0.15) is 5.78 Å². The van der Waals surface area contributed by atoms with Gasteiger partial charge in [0, 0.05) is 5.75 Å². The van der Waals surface area contributed by atoms with E-state index in [9.17, 15) is 4.79 Å². The fraction of sp³-hybridized carbons (Fsp3) is 0.364. The number of hydrogen-bond donors (Lipinski definition) is 0. The predicted molar refractivity (Wildman–Crippen MR) is 57.9 cm³/mol. The van der Waals surface area contributed by atoms with E-state index in [1.165, 1.54) is 5.56 Å². The summed E-state index contributed by atoms with van der Waals surface area (Å²) in [6.07, 6.45) is 0. The van der Waals surface area contributed by atoms with Crippen LogP contribution < -0.4 is 0 Å². The molecule has 2 heteroatoms. The normalized spacial score (nSPS) is 12.5. The Hall–Kier alpha value is -0.760. The third-order valence-electron chi connectivity index (χ3n) is 1.92. The summed E-state index contributed by atoms with van der Waals surface area (Å²) in [7, 11) is 0. The minimum absolute atomic E-state index is 0.111. The minimum Gasteiger partial charge on any atom is -0.299 e. The standard InChI is InChI=1S/C11H14OS/c1-9(12)10(2)13-8-11-6-4-3-5-7-11/h3-7,10H,8H2,1-2H3/t10-/m1/s1. The fourth-order valence-corrected chi connectivity index (χ4v) is 1.78. The van der Waals surface area contributed by atoms with E-state index in [0.717, 1.165) is 5.75 Å². The lowest BCUT2D eigenvalue weighted by atomic mass is 10.2. The maximum Gasteiger partial charge on any atom is 0.142 e. The van der Waals surface area contributed by atoms with Crippen molar-refractivity contribution in [3.63, 3.8) is 0 Å². The molecule has 0 aromatic heterocycles. The van der Waals surface area contributed by atoms with Crippen LogP contribution in [0.3, 0.4) is 0 Å². The van der Waals surface area contributed by atoms with Crippen molar-refractivity contribution in [2.45, 2.75) is 24.9 Å². The number of ketones is 1. The Morgan fingerprint density at radius 3 is 2.54 bits per heavy atom. The molecule has 0 saturated carbocycles. The van der Waals surface area contributed by atoms with Gasteiger partial charge in [0.05, 0.1) is 5.25 Å². The maximum atomic E-state index is 10.9. The molecule has 0 aliphatic heterocycles. The van der Waals surface area contributed by atoms with Crippen molar-refractivity contribution in [1.29, 1.82) is 0 Å². The molecule has 1 aromatic rings. The number of carbonyl (C=O) groups excluding carboxylic acids is 1. The first-order chi connectivity index (χ1) is 6.20. The van der Waals surface area contributed by atoms with Crippen LogP contribution >= 0.6 is 11.8 Å². The number of benzene rings is 1. The molecular formula is C11H14OS. The van der Waals surface area contributed by atoms with Gasteiger partial charge in [-0.2, -0.15) is 0 Å². The molecule has 0 saturated heterocycles. The number of carbonyl (C=O) groups is 1. The van der Waals surface area contributed by atoms with Crippen LogP contribution in [0.25, 0.3) is 0 Å². The summed E-state index contributed by atoms with van der Waals surface area (Å²) < 4.78 is 0. The highest BCUT2D eigenvalue weighted by Crippen LogP contribution is 2.17. The average molecular weight is 194 g/mol. The van der Waals surface area contributed by atoms with Crippen LogP contribution in [0.4, 0.5) is 0 Å². The Bertz CT molecular complexity index is 269. The van der Waals surface area contributed by atoms with Gasteiger partial charge in [0.2, 0.25) is 0 Å². The first-order valence-corrected chi connectivity index (χ1v) is 5.41. The summed E-state index contributed by atoms with van der Waals surface area (Å²) in [5.41, 5.74) is 1.28. The monoisotopic (exact) mass is 194 g/mol. The third kappa shape index (κ3) is 3.64. The molecule has 0 amide bonds. The highest BCUT2D eigenvalue weighted by atomic mass is 32.2. The lowest BCUT2D eigenvalue weighted by Gasteiger charge is -2.06. The van der Waals surface area contributed by atoms with E-state index < -0.39 is 0 Å². The van der Waals surface area contributed by atoms with Gasteiger partial charge in [0.25, 0.3) is 0 Å².